The lowest BCUT2D eigenvalue weighted by Crippen LogP contribution is -2.52. The van der Waals surface area contributed by atoms with Crippen molar-refractivity contribution in [2.24, 2.45) is 11.3 Å². The fraction of sp³-hybridized carbons (Fsp3) is 0.550. The Bertz CT molecular complexity index is 710. The number of hydrogen-bond donors (Lipinski definition) is 2. The normalized spacial score (nSPS) is 19.6. The predicted octanol–water partition coefficient (Wildman–Crippen LogP) is 3.83. The van der Waals surface area contributed by atoms with Crippen molar-refractivity contribution in [3.63, 3.8) is 0 Å². The highest BCUT2D eigenvalue weighted by Crippen LogP contribution is 2.34. The first-order chi connectivity index (χ1) is 13.1. The summed E-state index contributed by atoms with van der Waals surface area (Å²) in [6.07, 6.45) is -0.192. The minimum absolute atomic E-state index is 0.104. The Labute approximate surface area is 164 Å². The van der Waals surface area contributed by atoms with E-state index in [2.05, 4.69) is 10.1 Å². The standard InChI is InChI=1S/C20H28N2O6/c1-20(2,3)16-11-13(9-10-22(16)19(25)26)12-28-18(24)21-15-7-5-14(6-8-15)17(23)27-4/h5-8,13,16H,9-12H2,1-4H3,(H,21,24)(H,25,26). The largest absolute Gasteiger partial charge is 0.465 e. The van der Waals surface area contributed by atoms with Crippen molar-refractivity contribution < 1.29 is 29.0 Å². The number of esters is 1. The second-order valence-corrected chi connectivity index (χ2v) is 8.04. The van der Waals surface area contributed by atoms with E-state index < -0.39 is 18.2 Å². The van der Waals surface area contributed by atoms with Gasteiger partial charge >= 0.3 is 18.2 Å². The summed E-state index contributed by atoms with van der Waals surface area (Å²) in [5.41, 5.74) is 0.700. The van der Waals surface area contributed by atoms with Gasteiger partial charge in [-0.1, -0.05) is 20.8 Å². The van der Waals surface area contributed by atoms with E-state index in [0.29, 0.717) is 30.6 Å². The molecule has 8 heteroatoms. The van der Waals surface area contributed by atoms with Crippen molar-refractivity contribution in [3.8, 4) is 0 Å². The molecule has 0 aliphatic carbocycles. The zero-order valence-electron chi connectivity index (χ0n) is 16.7. The van der Waals surface area contributed by atoms with Gasteiger partial charge in [0.05, 0.1) is 19.3 Å². The Kier molecular flexibility index (Phi) is 6.88. The van der Waals surface area contributed by atoms with Gasteiger partial charge in [-0.15, -0.1) is 0 Å². The molecule has 2 unspecified atom stereocenters. The Balaban J connectivity index is 1.87. The van der Waals surface area contributed by atoms with Crippen LogP contribution in [0, 0.1) is 11.3 Å². The zero-order valence-corrected chi connectivity index (χ0v) is 16.7. The molecule has 154 valence electrons. The molecule has 0 radical (unpaired) electrons. The summed E-state index contributed by atoms with van der Waals surface area (Å²) in [6, 6.07) is 6.16. The van der Waals surface area contributed by atoms with Gasteiger partial charge in [-0.25, -0.2) is 14.4 Å². The molecule has 2 amide bonds. The summed E-state index contributed by atoms with van der Waals surface area (Å²) >= 11 is 0. The highest BCUT2D eigenvalue weighted by molar-refractivity contribution is 5.91. The summed E-state index contributed by atoms with van der Waals surface area (Å²) in [5.74, 6) is -0.345. The minimum atomic E-state index is -0.910. The van der Waals surface area contributed by atoms with E-state index in [1.54, 1.807) is 24.3 Å². The van der Waals surface area contributed by atoms with E-state index in [4.69, 9.17) is 4.74 Å². The average Bonchev–Trinajstić information content (AvgIpc) is 2.65. The summed E-state index contributed by atoms with van der Waals surface area (Å²) in [5, 5.41) is 12.0. The van der Waals surface area contributed by atoms with Gasteiger partial charge in [0.1, 0.15) is 0 Å². The van der Waals surface area contributed by atoms with Crippen molar-refractivity contribution in [2.75, 3.05) is 25.6 Å². The van der Waals surface area contributed by atoms with Crippen LogP contribution in [-0.2, 0) is 9.47 Å². The average molecular weight is 392 g/mol. The molecule has 1 aromatic carbocycles. The molecule has 28 heavy (non-hydrogen) atoms. The number of carboxylic acid groups (broad SMARTS) is 1. The van der Waals surface area contributed by atoms with Crippen molar-refractivity contribution in [2.45, 2.75) is 39.7 Å². The van der Waals surface area contributed by atoms with Crippen LogP contribution in [0.15, 0.2) is 24.3 Å². The number of hydrogen-bond acceptors (Lipinski definition) is 5. The second-order valence-electron chi connectivity index (χ2n) is 8.04. The molecular formula is C20H28N2O6. The smallest absolute Gasteiger partial charge is 0.411 e. The van der Waals surface area contributed by atoms with Crippen LogP contribution < -0.4 is 5.32 Å². The monoisotopic (exact) mass is 392 g/mol. The van der Waals surface area contributed by atoms with Crippen LogP contribution in [0.5, 0.6) is 0 Å². The lowest BCUT2D eigenvalue weighted by Gasteiger charge is -2.44. The van der Waals surface area contributed by atoms with E-state index >= 15 is 0 Å². The van der Waals surface area contributed by atoms with Gasteiger partial charge in [0.25, 0.3) is 0 Å². The first kappa shape index (κ1) is 21.5. The summed E-state index contributed by atoms with van der Waals surface area (Å²) in [7, 11) is 1.30. The van der Waals surface area contributed by atoms with Crippen LogP contribution in [0.25, 0.3) is 0 Å². The molecule has 0 spiro atoms. The molecule has 1 aromatic rings. The van der Waals surface area contributed by atoms with Crippen LogP contribution in [-0.4, -0.2) is 54.5 Å². The first-order valence-corrected chi connectivity index (χ1v) is 9.23. The van der Waals surface area contributed by atoms with Crippen molar-refractivity contribution in [1.29, 1.82) is 0 Å². The van der Waals surface area contributed by atoms with Crippen LogP contribution in [0.3, 0.4) is 0 Å². The summed E-state index contributed by atoms with van der Waals surface area (Å²) < 4.78 is 9.96. The molecule has 0 bridgehead atoms. The number of carbonyl (C=O) groups is 3. The maximum atomic E-state index is 12.1. The van der Waals surface area contributed by atoms with Gasteiger partial charge in [0.15, 0.2) is 0 Å². The predicted molar refractivity (Wildman–Crippen MR) is 103 cm³/mol. The number of nitrogens with zero attached hydrogens (tertiary/aromatic N) is 1. The van der Waals surface area contributed by atoms with Gasteiger partial charge in [-0.3, -0.25) is 5.32 Å². The first-order valence-electron chi connectivity index (χ1n) is 9.23. The Hall–Kier alpha value is -2.77. The van der Waals surface area contributed by atoms with Crippen LogP contribution in [0.1, 0.15) is 44.0 Å². The van der Waals surface area contributed by atoms with Gasteiger partial charge in [0, 0.05) is 18.3 Å². The molecule has 1 aliphatic rings. The van der Waals surface area contributed by atoms with Gasteiger partial charge < -0.3 is 19.5 Å². The number of benzene rings is 1. The number of amides is 2. The van der Waals surface area contributed by atoms with E-state index in [-0.39, 0.29) is 24.0 Å². The number of methoxy groups -OCH3 is 1. The topological polar surface area (TPSA) is 105 Å². The quantitative estimate of drug-likeness (QED) is 0.755. The van der Waals surface area contributed by atoms with E-state index in [9.17, 15) is 19.5 Å². The van der Waals surface area contributed by atoms with Gasteiger partial charge in [0.2, 0.25) is 0 Å². The molecule has 1 heterocycles. The van der Waals surface area contributed by atoms with Crippen LogP contribution in [0.4, 0.5) is 15.3 Å². The molecule has 2 atom stereocenters. The third-order valence-corrected chi connectivity index (χ3v) is 4.96. The molecule has 1 fully saturated rings. The molecule has 1 aliphatic heterocycles. The number of anilines is 1. The Morgan fingerprint density at radius 3 is 2.39 bits per heavy atom. The lowest BCUT2D eigenvalue weighted by atomic mass is 9.77. The highest BCUT2D eigenvalue weighted by atomic mass is 16.5. The van der Waals surface area contributed by atoms with E-state index in [0.717, 1.165) is 0 Å². The van der Waals surface area contributed by atoms with Gasteiger partial charge in [-0.05, 0) is 48.4 Å². The summed E-state index contributed by atoms with van der Waals surface area (Å²) in [6.45, 7) is 6.71. The fourth-order valence-electron chi connectivity index (χ4n) is 3.39. The number of piperidine rings is 1. The molecule has 1 saturated heterocycles. The number of nitrogens with one attached hydrogen (secondary N) is 1. The third-order valence-electron chi connectivity index (χ3n) is 4.96. The van der Waals surface area contributed by atoms with Crippen molar-refractivity contribution in [3.05, 3.63) is 29.8 Å². The molecular weight excluding hydrogens is 364 g/mol. The molecule has 2 N–H and O–H groups in total. The number of likely N-dealkylation sites (tertiary alicyclic amines) is 1. The molecule has 8 nitrogen and oxygen atoms in total. The van der Waals surface area contributed by atoms with Crippen molar-refractivity contribution >= 4 is 23.8 Å². The Morgan fingerprint density at radius 2 is 1.86 bits per heavy atom. The molecule has 0 aromatic heterocycles. The maximum absolute atomic E-state index is 12.1. The molecule has 0 saturated carbocycles. The number of rotatable bonds is 4. The fourth-order valence-corrected chi connectivity index (χ4v) is 3.39. The lowest BCUT2D eigenvalue weighted by molar-refractivity contribution is 0.0247. The SMILES string of the molecule is COC(=O)c1ccc(NC(=O)OCC2CCN(C(=O)O)C(C(C)(C)C)C2)cc1. The number of carbonyl (C=O) groups excluding carboxylic acids is 2. The zero-order chi connectivity index (χ0) is 20.9. The van der Waals surface area contributed by atoms with Crippen LogP contribution in [0.2, 0.25) is 0 Å². The van der Waals surface area contributed by atoms with Gasteiger partial charge in [-0.2, -0.15) is 0 Å². The molecule has 2 rings (SSSR count). The minimum Gasteiger partial charge on any atom is -0.465 e. The summed E-state index contributed by atoms with van der Waals surface area (Å²) in [4.78, 5) is 36.4. The van der Waals surface area contributed by atoms with E-state index in [1.807, 2.05) is 20.8 Å². The third kappa shape index (κ3) is 5.61. The van der Waals surface area contributed by atoms with E-state index in [1.165, 1.54) is 12.0 Å². The van der Waals surface area contributed by atoms with Crippen LogP contribution >= 0.6 is 0 Å². The Morgan fingerprint density at radius 1 is 1.21 bits per heavy atom. The second kappa shape index (κ2) is 8.95. The highest BCUT2D eigenvalue weighted by Gasteiger charge is 2.38. The maximum Gasteiger partial charge on any atom is 0.411 e. The van der Waals surface area contributed by atoms with Crippen molar-refractivity contribution in [1.82, 2.24) is 4.90 Å². The number of ether oxygens (including phenoxy) is 2.